The standard InChI is InChI=1S/C16H23FN2O3/c1-12(22-14-7-3-2-6-13(14)17)10-18-15(21)19-16(11-20)8-4-5-9-16/h2-3,6-7,12,20H,4-5,8-11H2,1H3,(H2,18,19,21). The molecule has 1 aliphatic rings. The molecule has 0 bridgehead atoms. The van der Waals surface area contributed by atoms with Crippen molar-refractivity contribution in [2.45, 2.75) is 44.2 Å². The van der Waals surface area contributed by atoms with Gasteiger partial charge in [0.1, 0.15) is 6.10 Å². The summed E-state index contributed by atoms with van der Waals surface area (Å²) in [4.78, 5) is 11.9. The highest BCUT2D eigenvalue weighted by Crippen LogP contribution is 2.28. The molecule has 0 aliphatic heterocycles. The second-order valence-electron chi connectivity index (χ2n) is 5.84. The minimum absolute atomic E-state index is 0.0539. The molecule has 1 saturated carbocycles. The Labute approximate surface area is 129 Å². The summed E-state index contributed by atoms with van der Waals surface area (Å²) in [7, 11) is 0. The quantitative estimate of drug-likeness (QED) is 0.754. The van der Waals surface area contributed by atoms with E-state index in [0.29, 0.717) is 0 Å². The van der Waals surface area contributed by atoms with Crippen LogP contribution < -0.4 is 15.4 Å². The van der Waals surface area contributed by atoms with Gasteiger partial charge in [-0.05, 0) is 31.9 Å². The van der Waals surface area contributed by atoms with Crippen molar-refractivity contribution in [3.63, 3.8) is 0 Å². The first-order valence-corrected chi connectivity index (χ1v) is 7.63. The number of halogens is 1. The molecule has 1 aliphatic carbocycles. The molecule has 1 fully saturated rings. The minimum atomic E-state index is -0.500. The average Bonchev–Trinajstić information content (AvgIpc) is 2.97. The third kappa shape index (κ3) is 4.34. The van der Waals surface area contributed by atoms with E-state index >= 15 is 0 Å². The lowest BCUT2D eigenvalue weighted by atomic mass is 9.99. The molecule has 1 atom stereocenters. The number of carbonyl (C=O) groups is 1. The fourth-order valence-electron chi connectivity index (χ4n) is 2.69. The van der Waals surface area contributed by atoms with Crippen LogP contribution in [0, 0.1) is 5.82 Å². The molecule has 1 aromatic carbocycles. The first kappa shape index (κ1) is 16.5. The first-order valence-electron chi connectivity index (χ1n) is 7.63. The van der Waals surface area contributed by atoms with Crippen LogP contribution in [-0.4, -0.2) is 35.9 Å². The Morgan fingerprint density at radius 3 is 2.73 bits per heavy atom. The maximum atomic E-state index is 13.5. The molecule has 22 heavy (non-hydrogen) atoms. The monoisotopic (exact) mass is 310 g/mol. The van der Waals surface area contributed by atoms with Crippen LogP contribution in [0.25, 0.3) is 0 Å². The summed E-state index contributed by atoms with van der Waals surface area (Å²) in [5.74, 6) is -0.260. The van der Waals surface area contributed by atoms with Crippen molar-refractivity contribution < 1.29 is 19.0 Å². The van der Waals surface area contributed by atoms with Gasteiger partial charge >= 0.3 is 6.03 Å². The number of ether oxygens (including phenoxy) is 1. The third-order valence-electron chi connectivity index (χ3n) is 3.96. The van der Waals surface area contributed by atoms with E-state index in [1.165, 1.54) is 6.07 Å². The predicted octanol–water partition coefficient (Wildman–Crippen LogP) is 2.20. The van der Waals surface area contributed by atoms with Crippen LogP contribution in [0.4, 0.5) is 9.18 Å². The Balaban J connectivity index is 1.77. The van der Waals surface area contributed by atoms with Gasteiger partial charge in [-0.25, -0.2) is 9.18 Å². The van der Waals surface area contributed by atoms with Crippen molar-refractivity contribution in [3.05, 3.63) is 30.1 Å². The van der Waals surface area contributed by atoms with E-state index in [0.717, 1.165) is 25.7 Å². The third-order valence-corrected chi connectivity index (χ3v) is 3.96. The molecule has 0 spiro atoms. The molecular formula is C16H23FN2O3. The zero-order valence-corrected chi connectivity index (χ0v) is 12.8. The van der Waals surface area contributed by atoms with Crippen LogP contribution in [-0.2, 0) is 0 Å². The van der Waals surface area contributed by atoms with Gasteiger partial charge in [-0.1, -0.05) is 25.0 Å². The highest BCUT2D eigenvalue weighted by Gasteiger charge is 2.34. The van der Waals surface area contributed by atoms with Crippen molar-refractivity contribution in [1.82, 2.24) is 10.6 Å². The molecule has 0 saturated heterocycles. The molecule has 1 unspecified atom stereocenters. The number of para-hydroxylation sites is 1. The molecule has 122 valence electrons. The van der Waals surface area contributed by atoms with E-state index in [1.807, 2.05) is 0 Å². The summed E-state index contributed by atoms with van der Waals surface area (Å²) in [6.45, 7) is 1.95. The molecule has 0 radical (unpaired) electrons. The van der Waals surface area contributed by atoms with Crippen LogP contribution in [0.1, 0.15) is 32.6 Å². The summed E-state index contributed by atoms with van der Waals surface area (Å²) in [6.07, 6.45) is 3.23. The number of carbonyl (C=O) groups excluding carboxylic acids is 1. The number of urea groups is 1. The van der Waals surface area contributed by atoms with Crippen LogP contribution in [0.15, 0.2) is 24.3 Å². The van der Waals surface area contributed by atoms with Crippen LogP contribution in [0.2, 0.25) is 0 Å². The fraction of sp³-hybridized carbons (Fsp3) is 0.562. The highest BCUT2D eigenvalue weighted by atomic mass is 19.1. The normalized spacial score (nSPS) is 17.8. The Morgan fingerprint density at radius 2 is 2.09 bits per heavy atom. The van der Waals surface area contributed by atoms with Crippen LogP contribution >= 0.6 is 0 Å². The van der Waals surface area contributed by atoms with E-state index in [1.54, 1.807) is 25.1 Å². The SMILES string of the molecule is CC(CNC(=O)NC1(CO)CCCC1)Oc1ccccc1F. The van der Waals surface area contributed by atoms with Gasteiger partial charge in [-0.2, -0.15) is 0 Å². The lowest BCUT2D eigenvalue weighted by Crippen LogP contribution is -2.53. The Morgan fingerprint density at radius 1 is 1.41 bits per heavy atom. The van der Waals surface area contributed by atoms with Crippen molar-refractivity contribution >= 4 is 6.03 Å². The van der Waals surface area contributed by atoms with Crippen molar-refractivity contribution in [2.75, 3.05) is 13.2 Å². The summed E-state index contributed by atoms with van der Waals surface area (Å²) >= 11 is 0. The Bertz CT molecular complexity index is 504. The fourth-order valence-corrected chi connectivity index (χ4v) is 2.69. The van der Waals surface area contributed by atoms with Gasteiger partial charge in [0, 0.05) is 0 Å². The maximum absolute atomic E-state index is 13.5. The lowest BCUT2D eigenvalue weighted by molar-refractivity contribution is 0.159. The van der Waals surface area contributed by atoms with Crippen LogP contribution in [0.3, 0.4) is 0 Å². The number of aliphatic hydroxyl groups excluding tert-OH is 1. The molecule has 6 heteroatoms. The number of hydrogen-bond acceptors (Lipinski definition) is 3. The Hall–Kier alpha value is -1.82. The molecule has 5 nitrogen and oxygen atoms in total. The number of benzene rings is 1. The minimum Gasteiger partial charge on any atom is -0.486 e. The summed E-state index contributed by atoms with van der Waals surface area (Å²) in [6, 6.07) is 5.82. The van der Waals surface area contributed by atoms with Gasteiger partial charge in [0.05, 0.1) is 18.7 Å². The van der Waals surface area contributed by atoms with Gasteiger partial charge in [-0.15, -0.1) is 0 Å². The first-order chi connectivity index (χ1) is 10.5. The molecule has 2 rings (SSSR count). The summed E-state index contributed by atoms with van der Waals surface area (Å²) in [5.41, 5.74) is -0.500. The zero-order chi connectivity index (χ0) is 16.0. The molecule has 0 heterocycles. The van der Waals surface area contributed by atoms with Gasteiger partial charge in [0.15, 0.2) is 11.6 Å². The second kappa shape index (κ2) is 7.45. The zero-order valence-electron chi connectivity index (χ0n) is 12.8. The van der Waals surface area contributed by atoms with E-state index in [-0.39, 0.29) is 31.0 Å². The molecule has 0 aromatic heterocycles. The molecule has 2 amide bonds. The van der Waals surface area contributed by atoms with Crippen molar-refractivity contribution in [2.24, 2.45) is 0 Å². The van der Waals surface area contributed by atoms with Gasteiger partial charge in [0.25, 0.3) is 0 Å². The van der Waals surface area contributed by atoms with E-state index < -0.39 is 11.4 Å². The molecular weight excluding hydrogens is 287 g/mol. The van der Waals surface area contributed by atoms with Gasteiger partial charge in [-0.3, -0.25) is 0 Å². The number of rotatable bonds is 6. The van der Waals surface area contributed by atoms with E-state index in [4.69, 9.17) is 4.74 Å². The van der Waals surface area contributed by atoms with E-state index in [2.05, 4.69) is 10.6 Å². The number of amides is 2. The maximum Gasteiger partial charge on any atom is 0.315 e. The number of nitrogens with one attached hydrogen (secondary N) is 2. The lowest BCUT2D eigenvalue weighted by Gasteiger charge is -2.28. The second-order valence-corrected chi connectivity index (χ2v) is 5.84. The summed E-state index contributed by atoms with van der Waals surface area (Å²) in [5, 5.41) is 15.0. The summed E-state index contributed by atoms with van der Waals surface area (Å²) < 4.78 is 18.9. The molecule has 3 N–H and O–H groups in total. The number of aliphatic hydroxyl groups is 1. The van der Waals surface area contributed by atoms with Crippen LogP contribution in [0.5, 0.6) is 5.75 Å². The largest absolute Gasteiger partial charge is 0.486 e. The van der Waals surface area contributed by atoms with Gasteiger partial charge in [0.2, 0.25) is 0 Å². The molecule has 1 aromatic rings. The topological polar surface area (TPSA) is 70.6 Å². The van der Waals surface area contributed by atoms with Gasteiger partial charge < -0.3 is 20.5 Å². The van der Waals surface area contributed by atoms with E-state index in [9.17, 15) is 14.3 Å². The smallest absolute Gasteiger partial charge is 0.315 e. The number of hydrogen-bond donors (Lipinski definition) is 3. The predicted molar refractivity (Wildman–Crippen MR) is 81.3 cm³/mol. The van der Waals surface area contributed by atoms with Crippen molar-refractivity contribution in [1.29, 1.82) is 0 Å². The Kier molecular flexibility index (Phi) is 5.60. The average molecular weight is 310 g/mol. The van der Waals surface area contributed by atoms with Crippen molar-refractivity contribution in [3.8, 4) is 5.75 Å². The highest BCUT2D eigenvalue weighted by molar-refractivity contribution is 5.74.